The van der Waals surface area contributed by atoms with Crippen molar-refractivity contribution in [1.29, 1.82) is 0 Å². The van der Waals surface area contributed by atoms with Crippen molar-refractivity contribution in [3.63, 3.8) is 0 Å². The monoisotopic (exact) mass is 268 g/mol. The van der Waals surface area contributed by atoms with Crippen molar-refractivity contribution in [2.75, 3.05) is 0 Å². The second-order valence-corrected chi connectivity index (χ2v) is 6.06. The largest absolute Gasteiger partial charge is 0.310 e. The molecule has 0 radical (unpaired) electrons. The van der Waals surface area contributed by atoms with Crippen LogP contribution in [0.3, 0.4) is 0 Å². The SMILES string of the molecule is C[C@@H](NCc1cccc2cccnc12)C1CCCCC1. The highest BCUT2D eigenvalue weighted by Gasteiger charge is 2.19. The van der Waals surface area contributed by atoms with Crippen molar-refractivity contribution in [3.05, 3.63) is 42.1 Å². The van der Waals surface area contributed by atoms with E-state index in [0.29, 0.717) is 6.04 Å². The van der Waals surface area contributed by atoms with E-state index in [2.05, 4.69) is 41.5 Å². The van der Waals surface area contributed by atoms with Gasteiger partial charge in [-0.3, -0.25) is 4.98 Å². The number of nitrogens with one attached hydrogen (secondary N) is 1. The first-order chi connectivity index (χ1) is 9.84. The van der Waals surface area contributed by atoms with Gasteiger partial charge < -0.3 is 5.32 Å². The van der Waals surface area contributed by atoms with E-state index in [-0.39, 0.29) is 0 Å². The minimum absolute atomic E-state index is 0.606. The Labute approximate surface area is 121 Å². The standard InChI is InChI=1S/C18H24N2/c1-14(15-7-3-2-4-8-15)20-13-17-10-5-9-16-11-6-12-19-18(16)17/h5-6,9-12,14-15,20H,2-4,7-8,13H2,1H3/t14-/m1/s1. The molecular formula is C18H24N2. The number of hydrogen-bond donors (Lipinski definition) is 1. The van der Waals surface area contributed by atoms with E-state index >= 15 is 0 Å². The van der Waals surface area contributed by atoms with Crippen LogP contribution in [0.15, 0.2) is 36.5 Å². The zero-order valence-corrected chi connectivity index (χ0v) is 12.3. The molecule has 0 saturated heterocycles. The number of nitrogens with zero attached hydrogens (tertiary/aromatic N) is 1. The van der Waals surface area contributed by atoms with Crippen LogP contribution in [0.2, 0.25) is 0 Å². The van der Waals surface area contributed by atoms with E-state index in [1.54, 1.807) is 0 Å². The summed E-state index contributed by atoms with van der Waals surface area (Å²) >= 11 is 0. The normalized spacial score (nSPS) is 18.2. The first-order valence-electron chi connectivity index (χ1n) is 7.90. The molecule has 20 heavy (non-hydrogen) atoms. The summed E-state index contributed by atoms with van der Waals surface area (Å²) in [6.45, 7) is 3.26. The summed E-state index contributed by atoms with van der Waals surface area (Å²) in [4.78, 5) is 4.53. The predicted molar refractivity (Wildman–Crippen MR) is 84.6 cm³/mol. The van der Waals surface area contributed by atoms with Gasteiger partial charge in [0.25, 0.3) is 0 Å². The summed E-state index contributed by atoms with van der Waals surface area (Å²) in [5.74, 6) is 0.853. The molecule has 0 unspecified atom stereocenters. The molecule has 1 aliphatic rings. The zero-order valence-electron chi connectivity index (χ0n) is 12.3. The maximum Gasteiger partial charge on any atom is 0.0746 e. The van der Waals surface area contributed by atoms with Gasteiger partial charge >= 0.3 is 0 Å². The molecule has 3 rings (SSSR count). The Bertz CT molecular complexity index is 553. The van der Waals surface area contributed by atoms with Gasteiger partial charge in [0.1, 0.15) is 0 Å². The van der Waals surface area contributed by atoms with Gasteiger partial charge in [-0.05, 0) is 37.3 Å². The Morgan fingerprint density at radius 1 is 1.15 bits per heavy atom. The van der Waals surface area contributed by atoms with Crippen LogP contribution in [0, 0.1) is 5.92 Å². The fourth-order valence-electron chi connectivity index (χ4n) is 3.38. The van der Waals surface area contributed by atoms with Crippen LogP contribution < -0.4 is 5.32 Å². The van der Waals surface area contributed by atoms with Crippen molar-refractivity contribution in [2.24, 2.45) is 5.92 Å². The summed E-state index contributed by atoms with van der Waals surface area (Å²) in [7, 11) is 0. The van der Waals surface area contributed by atoms with E-state index in [9.17, 15) is 0 Å². The van der Waals surface area contributed by atoms with Gasteiger partial charge in [0, 0.05) is 24.2 Å². The van der Waals surface area contributed by atoms with Gasteiger partial charge in [-0.15, -0.1) is 0 Å². The van der Waals surface area contributed by atoms with E-state index in [0.717, 1.165) is 18.0 Å². The predicted octanol–water partition coefficient (Wildman–Crippen LogP) is 4.29. The van der Waals surface area contributed by atoms with Crippen LogP contribution in [-0.4, -0.2) is 11.0 Å². The molecule has 1 aromatic heterocycles. The molecule has 1 N–H and O–H groups in total. The van der Waals surface area contributed by atoms with Crippen molar-refractivity contribution in [1.82, 2.24) is 10.3 Å². The van der Waals surface area contributed by atoms with Crippen LogP contribution in [0.25, 0.3) is 10.9 Å². The third kappa shape index (κ3) is 3.01. The highest BCUT2D eigenvalue weighted by molar-refractivity contribution is 5.81. The lowest BCUT2D eigenvalue weighted by atomic mass is 9.84. The quantitative estimate of drug-likeness (QED) is 0.894. The zero-order chi connectivity index (χ0) is 13.8. The third-order valence-corrected chi connectivity index (χ3v) is 4.69. The second kappa shape index (κ2) is 6.36. The van der Waals surface area contributed by atoms with Crippen molar-refractivity contribution < 1.29 is 0 Å². The van der Waals surface area contributed by atoms with E-state index < -0.39 is 0 Å². The number of benzene rings is 1. The van der Waals surface area contributed by atoms with Crippen LogP contribution in [-0.2, 0) is 6.54 Å². The third-order valence-electron chi connectivity index (χ3n) is 4.69. The summed E-state index contributed by atoms with van der Waals surface area (Å²) in [6, 6.07) is 11.2. The minimum Gasteiger partial charge on any atom is -0.310 e. The molecule has 1 fully saturated rings. The first kappa shape index (κ1) is 13.6. The fraction of sp³-hybridized carbons (Fsp3) is 0.500. The van der Waals surface area contributed by atoms with Crippen LogP contribution in [0.1, 0.15) is 44.6 Å². The summed E-state index contributed by atoms with van der Waals surface area (Å²) in [6.07, 6.45) is 8.91. The Morgan fingerprint density at radius 2 is 1.95 bits per heavy atom. The molecule has 0 spiro atoms. The summed E-state index contributed by atoms with van der Waals surface area (Å²) in [5, 5.41) is 4.95. The molecule has 1 aromatic carbocycles. The number of aromatic nitrogens is 1. The highest BCUT2D eigenvalue weighted by atomic mass is 14.9. The number of pyridine rings is 1. The smallest absolute Gasteiger partial charge is 0.0746 e. The van der Waals surface area contributed by atoms with Crippen LogP contribution in [0.4, 0.5) is 0 Å². The molecule has 0 aliphatic heterocycles. The molecule has 0 amide bonds. The lowest BCUT2D eigenvalue weighted by molar-refractivity contribution is 0.281. The van der Waals surface area contributed by atoms with Gasteiger partial charge in [-0.25, -0.2) is 0 Å². The van der Waals surface area contributed by atoms with Gasteiger partial charge in [0.2, 0.25) is 0 Å². The molecule has 0 bridgehead atoms. The maximum atomic E-state index is 4.53. The maximum absolute atomic E-state index is 4.53. The number of hydrogen-bond acceptors (Lipinski definition) is 2. The lowest BCUT2D eigenvalue weighted by Crippen LogP contribution is -2.34. The molecule has 2 heteroatoms. The van der Waals surface area contributed by atoms with E-state index in [1.807, 2.05) is 12.3 Å². The Kier molecular flexibility index (Phi) is 4.31. The highest BCUT2D eigenvalue weighted by Crippen LogP contribution is 2.26. The van der Waals surface area contributed by atoms with Crippen molar-refractivity contribution in [2.45, 2.75) is 51.6 Å². The molecule has 1 atom stereocenters. The first-order valence-corrected chi connectivity index (χ1v) is 7.90. The van der Waals surface area contributed by atoms with E-state index in [4.69, 9.17) is 0 Å². The molecule has 1 heterocycles. The summed E-state index contributed by atoms with van der Waals surface area (Å²) < 4.78 is 0. The Hall–Kier alpha value is -1.41. The van der Waals surface area contributed by atoms with Crippen molar-refractivity contribution in [3.8, 4) is 0 Å². The lowest BCUT2D eigenvalue weighted by Gasteiger charge is -2.28. The molecule has 106 valence electrons. The average molecular weight is 268 g/mol. The molecule has 2 aromatic rings. The Morgan fingerprint density at radius 3 is 2.80 bits per heavy atom. The minimum atomic E-state index is 0.606. The van der Waals surface area contributed by atoms with Gasteiger partial charge in [0.05, 0.1) is 5.52 Å². The van der Waals surface area contributed by atoms with E-state index in [1.165, 1.54) is 43.1 Å². The number of para-hydroxylation sites is 1. The van der Waals surface area contributed by atoms with Crippen LogP contribution >= 0.6 is 0 Å². The van der Waals surface area contributed by atoms with Gasteiger partial charge in [0.15, 0.2) is 0 Å². The van der Waals surface area contributed by atoms with Gasteiger partial charge in [-0.1, -0.05) is 43.5 Å². The molecule has 1 aliphatic carbocycles. The molecule has 2 nitrogen and oxygen atoms in total. The summed E-state index contributed by atoms with van der Waals surface area (Å²) in [5.41, 5.74) is 2.45. The number of rotatable bonds is 4. The average Bonchev–Trinajstić information content (AvgIpc) is 2.53. The van der Waals surface area contributed by atoms with Gasteiger partial charge in [-0.2, -0.15) is 0 Å². The van der Waals surface area contributed by atoms with Crippen LogP contribution in [0.5, 0.6) is 0 Å². The second-order valence-electron chi connectivity index (χ2n) is 6.06. The fourth-order valence-corrected chi connectivity index (χ4v) is 3.38. The van der Waals surface area contributed by atoms with Crippen molar-refractivity contribution >= 4 is 10.9 Å². The molecular weight excluding hydrogens is 244 g/mol. The number of fused-ring (bicyclic) bond motifs is 1. The Balaban J connectivity index is 1.67. The topological polar surface area (TPSA) is 24.9 Å². The molecule has 1 saturated carbocycles.